The number of aromatic nitrogens is 1. The third-order valence-electron chi connectivity index (χ3n) is 2.25. The summed E-state index contributed by atoms with van der Waals surface area (Å²) in [6.07, 6.45) is 1.72. The number of hydrogen-bond acceptors (Lipinski definition) is 2. The highest BCUT2D eigenvalue weighted by molar-refractivity contribution is 9.10. The number of methoxy groups -OCH3 is 1. The first-order chi connectivity index (χ1) is 7.72. The van der Waals surface area contributed by atoms with Gasteiger partial charge in [-0.25, -0.2) is 0 Å². The zero-order valence-corrected chi connectivity index (χ0v) is 10.2. The van der Waals surface area contributed by atoms with Crippen molar-refractivity contribution in [3.63, 3.8) is 0 Å². The molecule has 1 aromatic heterocycles. The molecule has 0 aliphatic rings. The first-order valence-electron chi connectivity index (χ1n) is 4.74. The number of aromatic amines is 1. The second-order valence-corrected chi connectivity index (χ2v) is 4.17. The van der Waals surface area contributed by atoms with Gasteiger partial charge in [0.15, 0.2) is 0 Å². The number of ketones is 1. The second kappa shape index (κ2) is 4.53. The van der Waals surface area contributed by atoms with E-state index in [4.69, 9.17) is 4.74 Å². The lowest BCUT2D eigenvalue weighted by Crippen LogP contribution is -2.04. The summed E-state index contributed by atoms with van der Waals surface area (Å²) in [6.45, 7) is 0. The Balaban J connectivity index is 2.47. The SMILES string of the molecule is COc1ccc(Br)cc1C(=O)c1ccc[nH]1. The van der Waals surface area contributed by atoms with Crippen LogP contribution in [0.15, 0.2) is 41.0 Å². The van der Waals surface area contributed by atoms with Gasteiger partial charge in [0.25, 0.3) is 0 Å². The normalized spacial score (nSPS) is 10.1. The topological polar surface area (TPSA) is 42.1 Å². The Morgan fingerprint density at radius 1 is 1.38 bits per heavy atom. The Labute approximate surface area is 102 Å². The van der Waals surface area contributed by atoms with Gasteiger partial charge in [-0.15, -0.1) is 0 Å². The number of halogens is 1. The molecular formula is C12H10BrNO2. The molecule has 0 radical (unpaired) electrons. The molecule has 82 valence electrons. The fraction of sp³-hybridized carbons (Fsp3) is 0.0833. The first-order valence-corrected chi connectivity index (χ1v) is 5.53. The van der Waals surface area contributed by atoms with E-state index in [0.29, 0.717) is 17.0 Å². The van der Waals surface area contributed by atoms with Crippen molar-refractivity contribution in [3.05, 3.63) is 52.3 Å². The predicted molar refractivity (Wildman–Crippen MR) is 64.9 cm³/mol. The molecule has 1 heterocycles. The second-order valence-electron chi connectivity index (χ2n) is 3.26. The van der Waals surface area contributed by atoms with Crippen molar-refractivity contribution in [3.8, 4) is 5.75 Å². The lowest BCUT2D eigenvalue weighted by atomic mass is 10.1. The third-order valence-corrected chi connectivity index (χ3v) is 2.74. The van der Waals surface area contributed by atoms with Crippen LogP contribution in [0.3, 0.4) is 0 Å². The molecule has 16 heavy (non-hydrogen) atoms. The summed E-state index contributed by atoms with van der Waals surface area (Å²) in [5, 5.41) is 0. The predicted octanol–water partition coefficient (Wildman–Crippen LogP) is 3.02. The zero-order chi connectivity index (χ0) is 11.5. The summed E-state index contributed by atoms with van der Waals surface area (Å²) in [6, 6.07) is 8.88. The molecule has 1 N–H and O–H groups in total. The van der Waals surface area contributed by atoms with Crippen LogP contribution in [-0.4, -0.2) is 17.9 Å². The average molecular weight is 280 g/mol. The van der Waals surface area contributed by atoms with Crippen LogP contribution in [0.1, 0.15) is 16.1 Å². The molecule has 0 aliphatic heterocycles. The van der Waals surface area contributed by atoms with Crippen molar-refractivity contribution in [2.24, 2.45) is 0 Å². The maximum atomic E-state index is 12.1. The quantitative estimate of drug-likeness (QED) is 0.878. The van der Waals surface area contributed by atoms with Crippen LogP contribution in [0, 0.1) is 0 Å². The highest BCUT2D eigenvalue weighted by Crippen LogP contribution is 2.24. The molecule has 2 aromatic rings. The number of hydrogen-bond donors (Lipinski definition) is 1. The van der Waals surface area contributed by atoms with Crippen molar-refractivity contribution in [1.82, 2.24) is 4.98 Å². The van der Waals surface area contributed by atoms with Crippen LogP contribution >= 0.6 is 15.9 Å². The van der Waals surface area contributed by atoms with E-state index in [0.717, 1.165) is 4.47 Å². The largest absolute Gasteiger partial charge is 0.496 e. The van der Waals surface area contributed by atoms with E-state index < -0.39 is 0 Å². The van der Waals surface area contributed by atoms with Crippen LogP contribution in [0.25, 0.3) is 0 Å². The maximum Gasteiger partial charge on any atom is 0.212 e. The molecule has 0 saturated carbocycles. The van der Waals surface area contributed by atoms with Crippen LogP contribution in [0.2, 0.25) is 0 Å². The lowest BCUT2D eigenvalue weighted by molar-refractivity contribution is 0.103. The van der Waals surface area contributed by atoms with Crippen molar-refractivity contribution >= 4 is 21.7 Å². The molecular weight excluding hydrogens is 270 g/mol. The van der Waals surface area contributed by atoms with Crippen molar-refractivity contribution in [1.29, 1.82) is 0 Å². The van der Waals surface area contributed by atoms with E-state index in [2.05, 4.69) is 20.9 Å². The smallest absolute Gasteiger partial charge is 0.212 e. The molecule has 0 unspecified atom stereocenters. The van der Waals surface area contributed by atoms with Gasteiger partial charge in [0.05, 0.1) is 18.4 Å². The maximum absolute atomic E-state index is 12.1. The number of nitrogens with one attached hydrogen (secondary N) is 1. The van der Waals surface area contributed by atoms with Gasteiger partial charge in [0, 0.05) is 10.7 Å². The monoisotopic (exact) mass is 279 g/mol. The molecule has 4 heteroatoms. The van der Waals surface area contributed by atoms with E-state index in [1.54, 1.807) is 37.6 Å². The molecule has 0 fully saturated rings. The van der Waals surface area contributed by atoms with Crippen molar-refractivity contribution in [2.45, 2.75) is 0 Å². The van der Waals surface area contributed by atoms with Gasteiger partial charge in [-0.1, -0.05) is 15.9 Å². The van der Waals surface area contributed by atoms with Gasteiger partial charge in [-0.3, -0.25) is 4.79 Å². The van der Waals surface area contributed by atoms with Gasteiger partial charge in [0.2, 0.25) is 5.78 Å². The summed E-state index contributed by atoms with van der Waals surface area (Å²) in [5.41, 5.74) is 1.09. The zero-order valence-electron chi connectivity index (χ0n) is 8.66. The summed E-state index contributed by atoms with van der Waals surface area (Å²) in [5.74, 6) is 0.492. The van der Waals surface area contributed by atoms with E-state index in [1.807, 2.05) is 6.07 Å². The Morgan fingerprint density at radius 2 is 2.19 bits per heavy atom. The number of carbonyl (C=O) groups excluding carboxylic acids is 1. The van der Waals surface area contributed by atoms with Gasteiger partial charge in [-0.2, -0.15) is 0 Å². The molecule has 0 aliphatic carbocycles. The molecule has 0 atom stereocenters. The van der Waals surface area contributed by atoms with Crippen molar-refractivity contribution in [2.75, 3.05) is 7.11 Å². The Hall–Kier alpha value is -1.55. The Kier molecular flexibility index (Phi) is 3.10. The van der Waals surface area contributed by atoms with Gasteiger partial charge >= 0.3 is 0 Å². The Morgan fingerprint density at radius 3 is 2.81 bits per heavy atom. The summed E-state index contributed by atoms with van der Waals surface area (Å²) < 4.78 is 6.01. The van der Waals surface area contributed by atoms with Crippen LogP contribution in [-0.2, 0) is 0 Å². The third kappa shape index (κ3) is 2.02. The fourth-order valence-corrected chi connectivity index (χ4v) is 1.84. The number of benzene rings is 1. The van der Waals surface area contributed by atoms with E-state index in [-0.39, 0.29) is 5.78 Å². The number of rotatable bonds is 3. The highest BCUT2D eigenvalue weighted by Gasteiger charge is 2.15. The lowest BCUT2D eigenvalue weighted by Gasteiger charge is -2.06. The van der Waals surface area contributed by atoms with Crippen LogP contribution in [0.5, 0.6) is 5.75 Å². The van der Waals surface area contributed by atoms with Crippen molar-refractivity contribution < 1.29 is 9.53 Å². The highest BCUT2D eigenvalue weighted by atomic mass is 79.9. The first kappa shape index (κ1) is 11.0. The number of carbonyl (C=O) groups is 1. The molecule has 0 saturated heterocycles. The molecule has 1 aromatic carbocycles. The summed E-state index contributed by atoms with van der Waals surface area (Å²) in [4.78, 5) is 15.0. The van der Waals surface area contributed by atoms with E-state index in [1.165, 1.54) is 0 Å². The number of ether oxygens (including phenoxy) is 1. The molecule has 0 amide bonds. The molecule has 3 nitrogen and oxygen atoms in total. The summed E-state index contributed by atoms with van der Waals surface area (Å²) in [7, 11) is 1.55. The molecule has 0 spiro atoms. The standard InChI is InChI=1S/C12H10BrNO2/c1-16-11-5-4-8(13)7-9(11)12(15)10-3-2-6-14-10/h2-7,14H,1H3. The van der Waals surface area contributed by atoms with Crippen LogP contribution in [0.4, 0.5) is 0 Å². The van der Waals surface area contributed by atoms with Crippen LogP contribution < -0.4 is 4.74 Å². The fourth-order valence-electron chi connectivity index (χ4n) is 1.47. The van der Waals surface area contributed by atoms with E-state index >= 15 is 0 Å². The van der Waals surface area contributed by atoms with Gasteiger partial charge in [0.1, 0.15) is 5.75 Å². The minimum absolute atomic E-state index is 0.0804. The van der Waals surface area contributed by atoms with E-state index in [9.17, 15) is 4.79 Å². The van der Waals surface area contributed by atoms with Gasteiger partial charge < -0.3 is 9.72 Å². The minimum Gasteiger partial charge on any atom is -0.496 e. The molecule has 2 rings (SSSR count). The minimum atomic E-state index is -0.0804. The average Bonchev–Trinajstić information content (AvgIpc) is 2.81. The Bertz CT molecular complexity index is 506. The molecule has 0 bridgehead atoms. The number of H-pyrrole nitrogens is 1. The summed E-state index contributed by atoms with van der Waals surface area (Å²) >= 11 is 3.34. The van der Waals surface area contributed by atoms with Gasteiger partial charge in [-0.05, 0) is 30.3 Å².